The van der Waals surface area contributed by atoms with Crippen LogP contribution in [0.2, 0.25) is 0 Å². The van der Waals surface area contributed by atoms with Crippen molar-refractivity contribution in [3.05, 3.63) is 34.5 Å². The van der Waals surface area contributed by atoms with Crippen LogP contribution in [0, 0.1) is 23.0 Å². The maximum atomic E-state index is 17.9. The van der Waals surface area contributed by atoms with Crippen molar-refractivity contribution in [1.82, 2.24) is 24.8 Å². The van der Waals surface area contributed by atoms with Crippen LogP contribution < -0.4 is 15.1 Å². The number of anilines is 3. The molecular formula is C41H49F2N9O6S. The van der Waals surface area contributed by atoms with Crippen molar-refractivity contribution in [2.45, 2.75) is 97.3 Å². The Morgan fingerprint density at radius 1 is 1.00 bits per heavy atom. The molecule has 314 valence electrons. The number of nitriles is 1. The molecule has 0 radical (unpaired) electrons. The number of rotatable bonds is 7. The average Bonchev–Trinajstić information content (AvgIpc) is 3.87. The molecule has 18 heteroatoms. The molecule has 59 heavy (non-hydrogen) atoms. The van der Waals surface area contributed by atoms with E-state index < -0.39 is 28.9 Å². The molecule has 4 aliphatic heterocycles. The summed E-state index contributed by atoms with van der Waals surface area (Å²) < 4.78 is 50.7. The number of nitrogens with one attached hydrogen (secondary N) is 1. The molecule has 4 aliphatic rings. The van der Waals surface area contributed by atoms with Crippen LogP contribution in [0.15, 0.2) is 6.20 Å². The number of carbonyl (C=O) groups excluding carboxylic acids is 2. The molecule has 2 bridgehead atoms. The summed E-state index contributed by atoms with van der Waals surface area (Å²) in [6.45, 7) is 15.0. The number of aliphatic hydroxyl groups is 1. The monoisotopic (exact) mass is 833 g/mol. The van der Waals surface area contributed by atoms with E-state index in [1.165, 1.54) is 0 Å². The maximum Gasteiger partial charge on any atom is 0.412 e. The van der Waals surface area contributed by atoms with Gasteiger partial charge < -0.3 is 34.0 Å². The van der Waals surface area contributed by atoms with Crippen LogP contribution in [-0.4, -0.2) is 118 Å². The van der Waals surface area contributed by atoms with E-state index >= 15 is 8.78 Å². The molecule has 1 aromatic carbocycles. The number of ether oxygens (including phenoxy) is 3. The van der Waals surface area contributed by atoms with Gasteiger partial charge in [-0.05, 0) is 71.9 Å². The first kappa shape index (κ1) is 40.8. The Labute approximate surface area is 344 Å². The van der Waals surface area contributed by atoms with Crippen molar-refractivity contribution >= 4 is 61.3 Å². The molecular weight excluding hydrogens is 785 g/mol. The van der Waals surface area contributed by atoms with Crippen LogP contribution in [0.1, 0.15) is 77.5 Å². The van der Waals surface area contributed by atoms with Gasteiger partial charge in [0.05, 0.1) is 40.8 Å². The number of nitrogens with zero attached hydrogens (tertiary/aromatic N) is 8. The Morgan fingerprint density at radius 3 is 2.32 bits per heavy atom. The number of aliphatic hydroxyl groups excluding tert-OH is 1. The van der Waals surface area contributed by atoms with Gasteiger partial charge in [0, 0.05) is 75.5 Å². The quantitative estimate of drug-likeness (QED) is 0.207. The highest BCUT2D eigenvalue weighted by Crippen LogP contribution is 2.48. The fourth-order valence-electron chi connectivity index (χ4n) is 8.62. The van der Waals surface area contributed by atoms with E-state index in [1.54, 1.807) is 25.7 Å². The minimum atomic E-state index is -0.835. The summed E-state index contributed by atoms with van der Waals surface area (Å²) in [5.41, 5.74) is -0.302. The minimum Gasteiger partial charge on any atom is -0.444 e. The summed E-state index contributed by atoms with van der Waals surface area (Å²) in [6.07, 6.45) is 2.04. The third kappa shape index (κ3) is 7.81. The molecule has 2 N–H and O–H groups in total. The predicted octanol–water partition coefficient (Wildman–Crippen LogP) is 6.53. The third-order valence-corrected chi connectivity index (χ3v) is 12.2. The lowest BCUT2D eigenvalue weighted by Gasteiger charge is -2.42. The van der Waals surface area contributed by atoms with Crippen LogP contribution in [0.4, 0.5) is 35.1 Å². The highest BCUT2D eigenvalue weighted by atomic mass is 32.1. The second-order valence-corrected chi connectivity index (χ2v) is 18.5. The number of piperazine rings is 2. The number of thiophene rings is 1. The number of benzene rings is 1. The largest absolute Gasteiger partial charge is 0.444 e. The van der Waals surface area contributed by atoms with Gasteiger partial charge in [0.2, 0.25) is 5.95 Å². The standard InChI is InChI=1S/C41H49F2N9O6S/c1-40(2,3)57-38(54)48-36-24(16-44)29-32(45-17-27(42)34(29)59-36)28-25-20-56-21-26(25)30-33(31(28)43)46-37(50-13-11-49(12-14-50)10-7-15-53)47-35(30)52-22-8-9-23(52)19-51(18-22)39(55)58-41(4,5)6/h17,22-23,53H,7-15,18-21H2,1-6H3,(H,48,54). The molecule has 15 nitrogen and oxygen atoms in total. The summed E-state index contributed by atoms with van der Waals surface area (Å²) in [5, 5.41) is 23.1. The number of halogens is 2. The van der Waals surface area contributed by atoms with Gasteiger partial charge in [-0.3, -0.25) is 15.2 Å². The maximum absolute atomic E-state index is 17.9. The Bertz CT molecular complexity index is 2350. The summed E-state index contributed by atoms with van der Waals surface area (Å²) in [5.74, 6) is -0.540. The summed E-state index contributed by atoms with van der Waals surface area (Å²) >= 11 is 0.844. The zero-order valence-corrected chi connectivity index (χ0v) is 35.0. The molecule has 0 spiro atoms. The number of aromatic nitrogens is 3. The van der Waals surface area contributed by atoms with Crippen molar-refractivity contribution in [3.8, 4) is 17.3 Å². The molecule has 2 amide bonds. The first-order valence-electron chi connectivity index (χ1n) is 20.0. The van der Waals surface area contributed by atoms with Gasteiger partial charge in [-0.15, -0.1) is 11.3 Å². The van der Waals surface area contributed by atoms with Crippen molar-refractivity contribution < 1.29 is 37.7 Å². The van der Waals surface area contributed by atoms with Gasteiger partial charge in [-0.25, -0.2) is 23.4 Å². The summed E-state index contributed by atoms with van der Waals surface area (Å²) in [4.78, 5) is 49.0. The zero-order valence-electron chi connectivity index (χ0n) is 34.2. The number of amides is 2. The van der Waals surface area contributed by atoms with E-state index in [9.17, 15) is 20.0 Å². The van der Waals surface area contributed by atoms with E-state index in [1.807, 2.05) is 25.7 Å². The average molecular weight is 834 g/mol. The number of hydrogen-bond donors (Lipinski definition) is 2. The third-order valence-electron chi connectivity index (χ3n) is 11.1. The smallest absolute Gasteiger partial charge is 0.412 e. The number of pyridine rings is 1. The van der Waals surface area contributed by atoms with E-state index in [0.717, 1.165) is 36.9 Å². The molecule has 3 saturated heterocycles. The van der Waals surface area contributed by atoms with Gasteiger partial charge in [0.1, 0.15) is 33.6 Å². The lowest BCUT2D eigenvalue weighted by Crippen LogP contribution is -2.56. The van der Waals surface area contributed by atoms with Gasteiger partial charge >= 0.3 is 12.2 Å². The topological polar surface area (TPSA) is 170 Å². The first-order valence-corrected chi connectivity index (χ1v) is 20.9. The second-order valence-electron chi connectivity index (χ2n) is 17.5. The number of likely N-dealkylation sites (tertiary alicyclic amines) is 1. The number of carbonyl (C=O) groups is 2. The molecule has 2 unspecified atom stereocenters. The van der Waals surface area contributed by atoms with Crippen LogP contribution in [0.25, 0.3) is 32.2 Å². The normalized spacial score (nSPS) is 19.7. The van der Waals surface area contributed by atoms with Gasteiger partial charge in [0.15, 0.2) is 11.6 Å². The lowest BCUT2D eigenvalue weighted by molar-refractivity contribution is 0.0209. The van der Waals surface area contributed by atoms with Crippen LogP contribution in [-0.2, 0) is 27.4 Å². The second kappa shape index (κ2) is 15.6. The van der Waals surface area contributed by atoms with E-state index in [-0.39, 0.29) is 75.4 Å². The highest BCUT2D eigenvalue weighted by Gasteiger charge is 2.45. The molecule has 0 saturated carbocycles. The van der Waals surface area contributed by atoms with Gasteiger partial charge in [0.25, 0.3) is 0 Å². The summed E-state index contributed by atoms with van der Waals surface area (Å²) in [6, 6.07) is 1.85. The molecule has 4 aromatic rings. The first-order chi connectivity index (χ1) is 28.0. The molecule has 3 aromatic heterocycles. The Hall–Kier alpha value is -4.96. The van der Waals surface area contributed by atoms with Crippen molar-refractivity contribution in [3.63, 3.8) is 0 Å². The minimum absolute atomic E-state index is 0.0172. The fourth-order valence-corrected chi connectivity index (χ4v) is 9.66. The highest BCUT2D eigenvalue weighted by molar-refractivity contribution is 7.23. The van der Waals surface area contributed by atoms with E-state index in [4.69, 9.17) is 24.2 Å². The predicted molar refractivity (Wildman–Crippen MR) is 219 cm³/mol. The molecule has 2 atom stereocenters. The van der Waals surface area contributed by atoms with Crippen molar-refractivity contribution in [1.29, 1.82) is 5.26 Å². The van der Waals surface area contributed by atoms with Crippen LogP contribution >= 0.6 is 11.3 Å². The Morgan fingerprint density at radius 2 is 1.68 bits per heavy atom. The zero-order chi connectivity index (χ0) is 42.0. The molecule has 8 rings (SSSR count). The van der Waals surface area contributed by atoms with Gasteiger partial charge in [-0.2, -0.15) is 10.2 Å². The van der Waals surface area contributed by atoms with Crippen molar-refractivity contribution in [2.75, 3.05) is 67.5 Å². The van der Waals surface area contributed by atoms with Crippen molar-refractivity contribution in [2.24, 2.45) is 0 Å². The summed E-state index contributed by atoms with van der Waals surface area (Å²) in [7, 11) is 0. The molecule has 0 aliphatic carbocycles. The van der Waals surface area contributed by atoms with Crippen LogP contribution in [0.3, 0.4) is 0 Å². The molecule has 3 fully saturated rings. The van der Waals surface area contributed by atoms with E-state index in [0.29, 0.717) is 74.0 Å². The molecule has 7 heterocycles. The fraction of sp³-hybridized carbons (Fsp3) is 0.561. The lowest BCUT2D eigenvalue weighted by atomic mass is 9.93. The number of fused-ring (bicyclic) bond motifs is 6. The number of hydrogen-bond acceptors (Lipinski definition) is 14. The SMILES string of the molecule is CC(C)(C)OC(=O)Nc1sc2c(F)cnc(-c3c4c(c5c(N6C7CCC6CN(C(=O)OC(C)(C)C)C7)nc(N6CCN(CCCO)CC6)nc5c3F)COC4)c2c1C#N. The Kier molecular flexibility index (Phi) is 10.8. The van der Waals surface area contributed by atoms with E-state index in [2.05, 4.69) is 26.2 Å². The van der Waals surface area contributed by atoms with Gasteiger partial charge in [-0.1, -0.05) is 0 Å². The van der Waals surface area contributed by atoms with Crippen LogP contribution in [0.5, 0.6) is 0 Å². The Balaban J connectivity index is 1.29.